The monoisotopic (exact) mass is 212 g/mol. The highest BCUT2D eigenvalue weighted by Crippen LogP contribution is 2.16. The van der Waals surface area contributed by atoms with Crippen molar-refractivity contribution in [3.63, 3.8) is 0 Å². The Balaban J connectivity index is 1.70. The molecule has 5 nitrogen and oxygen atoms in total. The predicted octanol–water partition coefficient (Wildman–Crippen LogP) is -0.940. The Kier molecular flexibility index (Phi) is 3.02. The van der Waals surface area contributed by atoms with E-state index in [-0.39, 0.29) is 18.4 Å². The largest absolute Gasteiger partial charge is 0.396 e. The van der Waals surface area contributed by atoms with Crippen molar-refractivity contribution < 1.29 is 14.7 Å². The number of amides is 2. The van der Waals surface area contributed by atoms with Crippen LogP contribution in [0.4, 0.5) is 0 Å². The van der Waals surface area contributed by atoms with Crippen LogP contribution >= 0.6 is 0 Å². The molecule has 0 aliphatic carbocycles. The van der Waals surface area contributed by atoms with Crippen LogP contribution in [0.2, 0.25) is 0 Å². The molecule has 2 aliphatic rings. The molecule has 5 heteroatoms. The molecule has 0 aromatic rings. The molecule has 0 unspecified atom stereocenters. The standard InChI is InChI=1S/C10H16N2O3/c13-7-8-5-11(6-8)3-4-12-9(14)1-2-10(12)15/h8,13H,1-7H2. The topological polar surface area (TPSA) is 60.9 Å². The SMILES string of the molecule is O=C1CCC(=O)N1CCN1CC(CO)C1. The fraction of sp³-hybridized carbons (Fsp3) is 0.800. The summed E-state index contributed by atoms with van der Waals surface area (Å²) in [4.78, 5) is 26.0. The molecule has 84 valence electrons. The van der Waals surface area contributed by atoms with Gasteiger partial charge in [-0.2, -0.15) is 0 Å². The van der Waals surface area contributed by atoms with Gasteiger partial charge in [-0.15, -0.1) is 0 Å². The van der Waals surface area contributed by atoms with Crippen molar-refractivity contribution >= 4 is 11.8 Å². The van der Waals surface area contributed by atoms with Crippen LogP contribution in [-0.2, 0) is 9.59 Å². The smallest absolute Gasteiger partial charge is 0.229 e. The average Bonchev–Trinajstić information content (AvgIpc) is 2.46. The lowest BCUT2D eigenvalue weighted by Crippen LogP contribution is -2.51. The Bertz CT molecular complexity index is 258. The highest BCUT2D eigenvalue weighted by atomic mass is 16.3. The molecule has 0 spiro atoms. The highest BCUT2D eigenvalue weighted by Gasteiger charge is 2.31. The van der Waals surface area contributed by atoms with Crippen molar-refractivity contribution in [2.24, 2.45) is 5.92 Å². The number of hydrogen-bond acceptors (Lipinski definition) is 4. The molecular weight excluding hydrogens is 196 g/mol. The number of aliphatic hydroxyl groups excluding tert-OH is 1. The van der Waals surface area contributed by atoms with Crippen LogP contribution in [0.15, 0.2) is 0 Å². The number of nitrogens with zero attached hydrogens (tertiary/aromatic N) is 2. The maximum absolute atomic E-state index is 11.3. The molecule has 0 atom stereocenters. The quantitative estimate of drug-likeness (QED) is 0.611. The Morgan fingerprint density at radius 3 is 2.27 bits per heavy atom. The van der Waals surface area contributed by atoms with E-state index >= 15 is 0 Å². The number of carbonyl (C=O) groups excluding carboxylic acids is 2. The van der Waals surface area contributed by atoms with E-state index in [1.807, 2.05) is 0 Å². The average molecular weight is 212 g/mol. The van der Waals surface area contributed by atoms with Crippen LogP contribution in [0.3, 0.4) is 0 Å². The second-order valence-electron chi connectivity index (χ2n) is 4.25. The number of rotatable bonds is 4. The van der Waals surface area contributed by atoms with Crippen molar-refractivity contribution in [2.75, 3.05) is 32.8 Å². The number of aliphatic hydroxyl groups is 1. The molecule has 0 aromatic heterocycles. The van der Waals surface area contributed by atoms with Gasteiger partial charge in [0.25, 0.3) is 0 Å². The Morgan fingerprint density at radius 1 is 1.13 bits per heavy atom. The van der Waals surface area contributed by atoms with Crippen LogP contribution in [0.25, 0.3) is 0 Å². The van der Waals surface area contributed by atoms with Gasteiger partial charge in [0, 0.05) is 51.5 Å². The predicted molar refractivity (Wildman–Crippen MR) is 53.0 cm³/mol. The molecule has 0 bridgehead atoms. The van der Waals surface area contributed by atoms with Gasteiger partial charge in [-0.3, -0.25) is 14.5 Å². The van der Waals surface area contributed by atoms with E-state index in [1.54, 1.807) is 0 Å². The highest BCUT2D eigenvalue weighted by molar-refractivity contribution is 6.01. The van der Waals surface area contributed by atoms with E-state index in [9.17, 15) is 9.59 Å². The van der Waals surface area contributed by atoms with Gasteiger partial charge in [0.2, 0.25) is 11.8 Å². The summed E-state index contributed by atoms with van der Waals surface area (Å²) >= 11 is 0. The summed E-state index contributed by atoms with van der Waals surface area (Å²) in [6.07, 6.45) is 0.746. The number of hydrogen-bond donors (Lipinski definition) is 1. The molecule has 2 amide bonds. The lowest BCUT2D eigenvalue weighted by atomic mass is 10.0. The second-order valence-corrected chi connectivity index (χ2v) is 4.25. The van der Waals surface area contributed by atoms with Gasteiger partial charge in [-0.05, 0) is 0 Å². The van der Waals surface area contributed by atoms with Crippen molar-refractivity contribution in [2.45, 2.75) is 12.8 Å². The fourth-order valence-electron chi connectivity index (χ4n) is 2.09. The zero-order valence-corrected chi connectivity index (χ0v) is 8.69. The van der Waals surface area contributed by atoms with Gasteiger partial charge in [0.05, 0.1) is 0 Å². The van der Waals surface area contributed by atoms with E-state index < -0.39 is 0 Å². The first kappa shape index (κ1) is 10.6. The first-order valence-electron chi connectivity index (χ1n) is 5.37. The van der Waals surface area contributed by atoms with Gasteiger partial charge < -0.3 is 10.0 Å². The van der Waals surface area contributed by atoms with E-state index in [2.05, 4.69) is 4.90 Å². The van der Waals surface area contributed by atoms with Crippen LogP contribution in [-0.4, -0.2) is 59.5 Å². The van der Waals surface area contributed by atoms with Gasteiger partial charge in [0.1, 0.15) is 0 Å². The van der Waals surface area contributed by atoms with E-state index in [0.29, 0.717) is 25.3 Å². The maximum Gasteiger partial charge on any atom is 0.229 e. The minimum Gasteiger partial charge on any atom is -0.396 e. The molecule has 1 N–H and O–H groups in total. The normalized spacial score (nSPS) is 23.7. The van der Waals surface area contributed by atoms with Gasteiger partial charge in [-0.25, -0.2) is 0 Å². The Morgan fingerprint density at radius 2 is 1.73 bits per heavy atom. The third-order valence-corrected chi connectivity index (χ3v) is 3.09. The van der Waals surface area contributed by atoms with Gasteiger partial charge in [-0.1, -0.05) is 0 Å². The molecule has 2 rings (SSSR count). The minimum atomic E-state index is -0.0424. The molecule has 2 fully saturated rings. The molecule has 2 heterocycles. The lowest BCUT2D eigenvalue weighted by molar-refractivity contribution is -0.138. The molecule has 0 aromatic carbocycles. The summed E-state index contributed by atoms with van der Waals surface area (Å²) in [5.74, 6) is 0.299. The van der Waals surface area contributed by atoms with Gasteiger partial charge in [0.15, 0.2) is 0 Å². The van der Waals surface area contributed by atoms with Crippen molar-refractivity contribution in [1.29, 1.82) is 0 Å². The minimum absolute atomic E-state index is 0.0424. The summed E-state index contributed by atoms with van der Waals surface area (Å²) < 4.78 is 0. The zero-order valence-electron chi connectivity index (χ0n) is 8.69. The molecule has 2 saturated heterocycles. The molecule has 15 heavy (non-hydrogen) atoms. The second kappa shape index (κ2) is 4.28. The summed E-state index contributed by atoms with van der Waals surface area (Å²) in [6.45, 7) is 3.25. The van der Waals surface area contributed by atoms with Crippen LogP contribution in [0, 0.1) is 5.92 Å². The first-order valence-corrected chi connectivity index (χ1v) is 5.37. The fourth-order valence-corrected chi connectivity index (χ4v) is 2.09. The van der Waals surface area contributed by atoms with Crippen LogP contribution in [0.1, 0.15) is 12.8 Å². The summed E-state index contributed by atoms with van der Waals surface area (Å²) in [7, 11) is 0. The van der Waals surface area contributed by atoms with Crippen molar-refractivity contribution in [3.05, 3.63) is 0 Å². The zero-order chi connectivity index (χ0) is 10.8. The maximum atomic E-state index is 11.3. The number of carbonyl (C=O) groups is 2. The molecule has 0 saturated carbocycles. The summed E-state index contributed by atoms with van der Waals surface area (Å²) in [5.41, 5.74) is 0. The number of likely N-dealkylation sites (tertiary alicyclic amines) is 2. The van der Waals surface area contributed by atoms with Crippen LogP contribution < -0.4 is 0 Å². The summed E-state index contributed by atoms with van der Waals surface area (Å²) in [5, 5.41) is 8.82. The van der Waals surface area contributed by atoms with Crippen molar-refractivity contribution in [1.82, 2.24) is 9.80 Å². The Labute approximate surface area is 88.6 Å². The van der Waals surface area contributed by atoms with E-state index in [4.69, 9.17) is 5.11 Å². The molecule has 0 radical (unpaired) electrons. The lowest BCUT2D eigenvalue weighted by Gasteiger charge is -2.38. The molecular formula is C10H16N2O3. The third kappa shape index (κ3) is 2.18. The summed E-state index contributed by atoms with van der Waals surface area (Å²) in [6, 6.07) is 0. The molecule has 2 aliphatic heterocycles. The van der Waals surface area contributed by atoms with Gasteiger partial charge >= 0.3 is 0 Å². The number of imide groups is 1. The van der Waals surface area contributed by atoms with Crippen molar-refractivity contribution in [3.8, 4) is 0 Å². The van der Waals surface area contributed by atoms with E-state index in [1.165, 1.54) is 4.90 Å². The van der Waals surface area contributed by atoms with E-state index in [0.717, 1.165) is 19.6 Å². The third-order valence-electron chi connectivity index (χ3n) is 3.09. The van der Waals surface area contributed by atoms with Crippen LogP contribution in [0.5, 0.6) is 0 Å². The first-order chi connectivity index (χ1) is 7.20. The Hall–Kier alpha value is -0.940.